The number of benzene rings is 1. The number of fused-ring (bicyclic) bond motifs is 2. The van der Waals surface area contributed by atoms with Gasteiger partial charge < -0.3 is 4.90 Å². The van der Waals surface area contributed by atoms with E-state index in [9.17, 15) is 9.18 Å². The second-order valence-corrected chi connectivity index (χ2v) is 5.17. The van der Waals surface area contributed by atoms with Crippen LogP contribution in [0.5, 0.6) is 0 Å². The summed E-state index contributed by atoms with van der Waals surface area (Å²) in [5.74, 6) is 0.224. The zero-order valence-electron chi connectivity index (χ0n) is 9.95. The minimum atomic E-state index is -0.158. The highest BCUT2D eigenvalue weighted by molar-refractivity contribution is 5.83. The van der Waals surface area contributed by atoms with E-state index in [2.05, 4.69) is 4.90 Å². The number of anilines is 1. The fraction of sp³-hybridized carbons (Fsp3) is 0.500. The Morgan fingerprint density at radius 1 is 1.24 bits per heavy atom. The summed E-state index contributed by atoms with van der Waals surface area (Å²) in [5, 5.41) is 0. The second kappa shape index (κ2) is 3.83. The van der Waals surface area contributed by atoms with E-state index in [1.807, 2.05) is 12.1 Å². The van der Waals surface area contributed by atoms with Crippen molar-refractivity contribution in [3.63, 3.8) is 0 Å². The summed E-state index contributed by atoms with van der Waals surface area (Å²) in [6.07, 6.45) is 3.50. The molecular formula is C14H16FNO. The maximum absolute atomic E-state index is 13.3. The fourth-order valence-electron chi connectivity index (χ4n) is 3.18. The van der Waals surface area contributed by atoms with Gasteiger partial charge in [-0.15, -0.1) is 0 Å². The molecule has 3 rings (SSSR count). The van der Waals surface area contributed by atoms with E-state index < -0.39 is 0 Å². The molecule has 2 nitrogen and oxygen atoms in total. The Morgan fingerprint density at radius 2 is 1.88 bits per heavy atom. The molecule has 0 saturated carbocycles. The molecule has 3 heteroatoms. The van der Waals surface area contributed by atoms with E-state index >= 15 is 0 Å². The van der Waals surface area contributed by atoms with Crippen LogP contribution >= 0.6 is 0 Å². The van der Waals surface area contributed by atoms with Crippen molar-refractivity contribution < 1.29 is 9.18 Å². The molecule has 2 heterocycles. The van der Waals surface area contributed by atoms with Crippen molar-refractivity contribution in [1.82, 2.24) is 0 Å². The van der Waals surface area contributed by atoms with Crippen LogP contribution in [0.15, 0.2) is 18.2 Å². The van der Waals surface area contributed by atoms with Crippen molar-refractivity contribution in [1.29, 1.82) is 0 Å². The summed E-state index contributed by atoms with van der Waals surface area (Å²) in [4.78, 5) is 13.9. The van der Waals surface area contributed by atoms with Gasteiger partial charge in [-0.3, -0.25) is 4.79 Å². The Labute approximate surface area is 100 Å². The van der Waals surface area contributed by atoms with Crippen LogP contribution in [0.2, 0.25) is 0 Å². The molecule has 1 aromatic rings. The number of nitrogens with zero attached hydrogens (tertiary/aromatic N) is 1. The molecule has 2 unspecified atom stereocenters. The molecule has 0 aromatic heterocycles. The number of piperidine rings is 1. The third-order valence-corrected chi connectivity index (χ3v) is 3.99. The van der Waals surface area contributed by atoms with Crippen LogP contribution in [0.3, 0.4) is 0 Å². The van der Waals surface area contributed by atoms with Gasteiger partial charge in [0.25, 0.3) is 0 Å². The van der Waals surface area contributed by atoms with Gasteiger partial charge in [0.05, 0.1) is 0 Å². The molecule has 2 aliphatic heterocycles. The largest absolute Gasteiger partial charge is 0.365 e. The van der Waals surface area contributed by atoms with E-state index in [0.29, 0.717) is 36.3 Å². The molecule has 90 valence electrons. The topological polar surface area (TPSA) is 20.3 Å². The highest BCUT2D eigenvalue weighted by Gasteiger charge is 2.40. The van der Waals surface area contributed by atoms with Crippen molar-refractivity contribution in [2.24, 2.45) is 0 Å². The Bertz CT molecular complexity index is 455. The van der Waals surface area contributed by atoms with Crippen LogP contribution in [0.1, 0.15) is 31.2 Å². The molecule has 17 heavy (non-hydrogen) atoms. The summed E-state index contributed by atoms with van der Waals surface area (Å²) in [7, 11) is 0. The summed E-state index contributed by atoms with van der Waals surface area (Å²) in [5.41, 5.74) is 1.75. The predicted molar refractivity (Wildman–Crippen MR) is 64.7 cm³/mol. The minimum absolute atomic E-state index is 0.158. The predicted octanol–water partition coefficient (Wildman–Crippen LogP) is 2.83. The zero-order valence-corrected chi connectivity index (χ0v) is 9.95. The van der Waals surface area contributed by atoms with Gasteiger partial charge in [-0.05, 0) is 43.5 Å². The number of carbonyl (C=O) groups excluding carboxylic acids is 1. The Balaban J connectivity index is 1.94. The minimum Gasteiger partial charge on any atom is -0.365 e. The number of hydrogen-bond donors (Lipinski definition) is 0. The number of halogens is 1. The first-order valence-corrected chi connectivity index (χ1v) is 6.21. The molecule has 2 bridgehead atoms. The molecule has 1 aromatic carbocycles. The number of hydrogen-bond acceptors (Lipinski definition) is 2. The lowest BCUT2D eigenvalue weighted by molar-refractivity contribution is -0.120. The van der Waals surface area contributed by atoms with Crippen LogP contribution in [0.4, 0.5) is 10.1 Å². The summed E-state index contributed by atoms with van der Waals surface area (Å²) < 4.78 is 13.3. The number of Topliss-reactive ketones (excluding diaryl/α,β-unsaturated/α-hetero) is 1. The van der Waals surface area contributed by atoms with E-state index in [1.54, 1.807) is 6.92 Å². The lowest BCUT2D eigenvalue weighted by atomic mass is 10.00. The van der Waals surface area contributed by atoms with Crippen LogP contribution in [0.25, 0.3) is 0 Å². The maximum atomic E-state index is 13.3. The van der Waals surface area contributed by atoms with E-state index in [0.717, 1.165) is 18.5 Å². The van der Waals surface area contributed by atoms with Gasteiger partial charge in [-0.25, -0.2) is 4.39 Å². The zero-order chi connectivity index (χ0) is 12.0. The molecule has 2 aliphatic rings. The Hall–Kier alpha value is -1.38. The van der Waals surface area contributed by atoms with Crippen molar-refractivity contribution in [3.8, 4) is 0 Å². The number of ketones is 1. The van der Waals surface area contributed by atoms with Gasteiger partial charge >= 0.3 is 0 Å². The monoisotopic (exact) mass is 233 g/mol. The Morgan fingerprint density at radius 3 is 2.47 bits per heavy atom. The van der Waals surface area contributed by atoms with Crippen molar-refractivity contribution in [3.05, 3.63) is 29.6 Å². The summed E-state index contributed by atoms with van der Waals surface area (Å²) in [6.45, 7) is 1.79. The summed E-state index contributed by atoms with van der Waals surface area (Å²) in [6, 6.07) is 5.94. The standard InChI is InChI=1S/C14H16FNO/c1-9-6-10(4-5-14(9)15)16-11-2-3-12(16)8-13(17)7-11/h4-6,11-12H,2-3,7-8H2,1H3. The highest BCUT2D eigenvalue weighted by atomic mass is 19.1. The summed E-state index contributed by atoms with van der Waals surface area (Å²) >= 11 is 0. The SMILES string of the molecule is Cc1cc(N2C3CCC2CC(=O)C3)ccc1F. The van der Waals surface area contributed by atoms with E-state index in [1.165, 1.54) is 6.07 Å². The number of aryl methyl sites for hydroxylation is 1. The van der Waals surface area contributed by atoms with Gasteiger partial charge in [-0.2, -0.15) is 0 Å². The first kappa shape index (κ1) is 10.8. The third-order valence-electron chi connectivity index (χ3n) is 3.99. The molecule has 0 spiro atoms. The van der Waals surface area contributed by atoms with Crippen LogP contribution in [-0.2, 0) is 4.79 Å². The molecule has 0 N–H and O–H groups in total. The van der Waals surface area contributed by atoms with Gasteiger partial charge in [0.1, 0.15) is 11.6 Å². The molecule has 0 radical (unpaired) electrons. The molecule has 2 fully saturated rings. The van der Waals surface area contributed by atoms with Gasteiger partial charge in [0.15, 0.2) is 0 Å². The van der Waals surface area contributed by atoms with Crippen LogP contribution < -0.4 is 4.90 Å². The quantitative estimate of drug-likeness (QED) is 0.743. The Kier molecular flexibility index (Phi) is 2.42. The molecular weight excluding hydrogens is 217 g/mol. The van der Waals surface area contributed by atoms with Crippen molar-refractivity contribution >= 4 is 11.5 Å². The average molecular weight is 233 g/mol. The smallest absolute Gasteiger partial charge is 0.137 e. The molecule has 0 amide bonds. The van der Waals surface area contributed by atoms with Crippen LogP contribution in [-0.4, -0.2) is 17.9 Å². The highest BCUT2D eigenvalue weighted by Crippen LogP contribution is 2.38. The van der Waals surface area contributed by atoms with Gasteiger partial charge in [0.2, 0.25) is 0 Å². The van der Waals surface area contributed by atoms with Crippen molar-refractivity contribution in [2.45, 2.75) is 44.7 Å². The number of rotatable bonds is 1. The molecule has 0 aliphatic carbocycles. The van der Waals surface area contributed by atoms with Gasteiger partial charge in [0, 0.05) is 30.6 Å². The van der Waals surface area contributed by atoms with E-state index in [4.69, 9.17) is 0 Å². The molecule has 2 atom stereocenters. The first-order chi connectivity index (χ1) is 8.15. The molecule has 2 saturated heterocycles. The second-order valence-electron chi connectivity index (χ2n) is 5.17. The first-order valence-electron chi connectivity index (χ1n) is 6.21. The number of carbonyl (C=O) groups is 1. The lowest BCUT2D eigenvalue weighted by Gasteiger charge is -2.36. The maximum Gasteiger partial charge on any atom is 0.137 e. The van der Waals surface area contributed by atoms with Crippen molar-refractivity contribution in [2.75, 3.05) is 4.90 Å². The normalized spacial score (nSPS) is 27.6. The van der Waals surface area contributed by atoms with E-state index in [-0.39, 0.29) is 5.82 Å². The fourth-order valence-corrected chi connectivity index (χ4v) is 3.18. The van der Waals surface area contributed by atoms with Crippen LogP contribution in [0, 0.1) is 12.7 Å². The van der Waals surface area contributed by atoms with Gasteiger partial charge in [-0.1, -0.05) is 0 Å². The third kappa shape index (κ3) is 1.74. The lowest BCUT2D eigenvalue weighted by Crippen LogP contribution is -2.43. The average Bonchev–Trinajstić information content (AvgIpc) is 2.55.